The van der Waals surface area contributed by atoms with Crippen molar-refractivity contribution in [1.29, 1.82) is 0 Å². The van der Waals surface area contributed by atoms with Crippen molar-refractivity contribution >= 4 is 16.0 Å². The zero-order valence-corrected chi connectivity index (χ0v) is 15.9. The van der Waals surface area contributed by atoms with Crippen LogP contribution in [0.3, 0.4) is 0 Å². The van der Waals surface area contributed by atoms with E-state index in [1.165, 1.54) is 0 Å². The van der Waals surface area contributed by atoms with Crippen LogP contribution in [0, 0.1) is 6.92 Å². The molecule has 1 aromatic carbocycles. The van der Waals surface area contributed by atoms with Gasteiger partial charge in [-0.15, -0.1) is 0 Å². The lowest BCUT2D eigenvalue weighted by atomic mass is 10.2. The molecule has 0 aliphatic carbocycles. The standard InChI is InChI=1S/C17H26N2O6S/c1-14-4-3-5-15(10-14)24-8-6-18-7-9-25-16(11-18)12-19(13-17(20)21)26(2,22)23/h3-5,10,16H,6-9,11-13H2,1-2H3,(H,20,21)/t16-/m0/s1. The van der Waals surface area contributed by atoms with Crippen LogP contribution in [0.5, 0.6) is 5.75 Å². The van der Waals surface area contributed by atoms with Crippen LogP contribution in [-0.4, -0.2) is 87.0 Å². The lowest BCUT2D eigenvalue weighted by Crippen LogP contribution is -2.50. The molecule has 26 heavy (non-hydrogen) atoms. The Morgan fingerprint density at radius 2 is 2.23 bits per heavy atom. The molecule has 1 fully saturated rings. The maximum absolute atomic E-state index is 11.8. The van der Waals surface area contributed by atoms with Gasteiger partial charge >= 0.3 is 5.97 Å². The molecule has 146 valence electrons. The van der Waals surface area contributed by atoms with Gasteiger partial charge in [0.15, 0.2) is 0 Å². The van der Waals surface area contributed by atoms with Crippen molar-refractivity contribution in [3.05, 3.63) is 29.8 Å². The summed E-state index contributed by atoms with van der Waals surface area (Å²) in [6.45, 7) is 4.40. The van der Waals surface area contributed by atoms with E-state index in [1.807, 2.05) is 31.2 Å². The average molecular weight is 386 g/mol. The number of carbonyl (C=O) groups is 1. The van der Waals surface area contributed by atoms with E-state index < -0.39 is 22.5 Å². The fraction of sp³-hybridized carbons (Fsp3) is 0.588. The molecule has 1 heterocycles. The Balaban J connectivity index is 1.83. The molecule has 1 aliphatic rings. The number of sulfonamides is 1. The van der Waals surface area contributed by atoms with Gasteiger partial charge in [-0.2, -0.15) is 4.31 Å². The zero-order valence-electron chi connectivity index (χ0n) is 15.1. The number of carboxylic acids is 1. The van der Waals surface area contributed by atoms with Gasteiger partial charge in [0.25, 0.3) is 0 Å². The van der Waals surface area contributed by atoms with Crippen LogP contribution in [0.2, 0.25) is 0 Å². The molecule has 0 radical (unpaired) electrons. The van der Waals surface area contributed by atoms with Crippen LogP contribution >= 0.6 is 0 Å². The SMILES string of the molecule is Cc1cccc(OCCN2CCO[C@H](CN(CC(=O)O)S(C)(=O)=O)C2)c1. The summed E-state index contributed by atoms with van der Waals surface area (Å²) in [7, 11) is -3.60. The minimum Gasteiger partial charge on any atom is -0.492 e. The molecular weight excluding hydrogens is 360 g/mol. The second-order valence-corrected chi connectivity index (χ2v) is 8.39. The number of nitrogens with zero attached hydrogens (tertiary/aromatic N) is 2. The molecule has 0 amide bonds. The van der Waals surface area contributed by atoms with Crippen molar-refractivity contribution in [1.82, 2.24) is 9.21 Å². The maximum Gasteiger partial charge on any atom is 0.318 e. The fourth-order valence-electron chi connectivity index (χ4n) is 2.79. The Morgan fingerprint density at radius 1 is 1.46 bits per heavy atom. The van der Waals surface area contributed by atoms with Crippen LogP contribution in [0.4, 0.5) is 0 Å². The van der Waals surface area contributed by atoms with E-state index in [0.717, 1.165) is 28.4 Å². The third-order valence-corrected chi connectivity index (χ3v) is 5.29. The molecule has 1 aliphatic heterocycles. The van der Waals surface area contributed by atoms with Crippen LogP contribution in [0.1, 0.15) is 5.56 Å². The molecular formula is C17H26N2O6S. The lowest BCUT2D eigenvalue weighted by Gasteiger charge is -2.34. The first-order valence-electron chi connectivity index (χ1n) is 8.44. The quantitative estimate of drug-likeness (QED) is 0.657. The molecule has 0 aromatic heterocycles. The second-order valence-electron chi connectivity index (χ2n) is 6.41. The first-order valence-corrected chi connectivity index (χ1v) is 10.3. The molecule has 1 atom stereocenters. The zero-order chi connectivity index (χ0) is 19.2. The minimum atomic E-state index is -3.60. The van der Waals surface area contributed by atoms with Gasteiger partial charge in [0, 0.05) is 26.2 Å². The highest BCUT2D eigenvalue weighted by atomic mass is 32.2. The monoisotopic (exact) mass is 386 g/mol. The molecule has 1 N–H and O–H groups in total. The van der Waals surface area contributed by atoms with Crippen molar-refractivity contribution in [2.45, 2.75) is 13.0 Å². The Kier molecular flexibility index (Phi) is 7.39. The average Bonchev–Trinajstić information content (AvgIpc) is 2.53. The number of aryl methyl sites for hydroxylation is 1. The van der Waals surface area contributed by atoms with Crippen LogP contribution in [0.25, 0.3) is 0 Å². The number of benzene rings is 1. The highest BCUT2D eigenvalue weighted by molar-refractivity contribution is 7.88. The maximum atomic E-state index is 11.8. The Bertz CT molecular complexity index is 709. The largest absolute Gasteiger partial charge is 0.492 e. The lowest BCUT2D eigenvalue weighted by molar-refractivity contribution is -0.137. The molecule has 2 rings (SSSR count). The third kappa shape index (κ3) is 6.91. The molecule has 0 saturated carbocycles. The van der Waals surface area contributed by atoms with Crippen molar-refractivity contribution < 1.29 is 27.8 Å². The topological polar surface area (TPSA) is 96.4 Å². The minimum absolute atomic E-state index is 0.0281. The summed E-state index contributed by atoms with van der Waals surface area (Å²) in [5, 5.41) is 8.90. The van der Waals surface area contributed by atoms with E-state index in [4.69, 9.17) is 14.6 Å². The number of aliphatic carboxylic acids is 1. The number of ether oxygens (including phenoxy) is 2. The predicted octanol–water partition coefficient (Wildman–Crippen LogP) is 0.421. The Morgan fingerprint density at radius 3 is 2.88 bits per heavy atom. The predicted molar refractivity (Wildman–Crippen MR) is 96.9 cm³/mol. The molecule has 9 heteroatoms. The fourth-order valence-corrected chi connectivity index (χ4v) is 3.57. The second kappa shape index (κ2) is 9.31. The smallest absolute Gasteiger partial charge is 0.318 e. The number of rotatable bonds is 9. The number of hydrogen-bond donors (Lipinski definition) is 1. The van der Waals surface area contributed by atoms with E-state index in [1.54, 1.807) is 0 Å². The summed E-state index contributed by atoms with van der Waals surface area (Å²) in [6, 6.07) is 7.82. The normalized spacial score (nSPS) is 18.8. The third-order valence-electron chi connectivity index (χ3n) is 4.08. The molecule has 0 bridgehead atoms. The molecule has 1 saturated heterocycles. The van der Waals surface area contributed by atoms with Gasteiger partial charge < -0.3 is 14.6 Å². The summed E-state index contributed by atoms with van der Waals surface area (Å²) in [5.74, 6) is -0.367. The van der Waals surface area contributed by atoms with Gasteiger partial charge in [-0.3, -0.25) is 9.69 Å². The summed E-state index contributed by atoms with van der Waals surface area (Å²) < 4.78 is 35.8. The first kappa shape index (κ1) is 20.6. The van der Waals surface area contributed by atoms with E-state index in [-0.39, 0.29) is 12.6 Å². The van der Waals surface area contributed by atoms with Gasteiger partial charge in [-0.25, -0.2) is 8.42 Å². The van der Waals surface area contributed by atoms with Crippen LogP contribution < -0.4 is 4.74 Å². The first-order chi connectivity index (χ1) is 12.2. The summed E-state index contributed by atoms with van der Waals surface area (Å²) in [4.78, 5) is 13.0. The van der Waals surface area contributed by atoms with E-state index in [2.05, 4.69) is 4.90 Å². The van der Waals surface area contributed by atoms with E-state index in [9.17, 15) is 13.2 Å². The van der Waals surface area contributed by atoms with Gasteiger partial charge in [-0.1, -0.05) is 12.1 Å². The summed E-state index contributed by atoms with van der Waals surface area (Å²) in [5.41, 5.74) is 1.13. The summed E-state index contributed by atoms with van der Waals surface area (Å²) >= 11 is 0. The van der Waals surface area contributed by atoms with Gasteiger partial charge in [0.1, 0.15) is 18.9 Å². The Hall–Kier alpha value is -1.68. The van der Waals surface area contributed by atoms with Gasteiger partial charge in [0.05, 0.1) is 19.0 Å². The van der Waals surface area contributed by atoms with Crippen molar-refractivity contribution in [2.75, 3.05) is 52.2 Å². The number of carboxylic acid groups (broad SMARTS) is 1. The van der Waals surface area contributed by atoms with Gasteiger partial charge in [-0.05, 0) is 24.6 Å². The summed E-state index contributed by atoms with van der Waals surface area (Å²) in [6.07, 6.45) is 0.642. The van der Waals surface area contributed by atoms with Crippen molar-refractivity contribution in [3.8, 4) is 5.75 Å². The number of morpholine rings is 1. The van der Waals surface area contributed by atoms with E-state index >= 15 is 0 Å². The highest BCUT2D eigenvalue weighted by Crippen LogP contribution is 2.13. The molecule has 1 aromatic rings. The van der Waals surface area contributed by atoms with E-state index in [0.29, 0.717) is 26.3 Å². The van der Waals surface area contributed by atoms with Crippen molar-refractivity contribution in [3.63, 3.8) is 0 Å². The molecule has 8 nitrogen and oxygen atoms in total. The van der Waals surface area contributed by atoms with Crippen LogP contribution in [0.15, 0.2) is 24.3 Å². The van der Waals surface area contributed by atoms with Crippen molar-refractivity contribution in [2.24, 2.45) is 0 Å². The van der Waals surface area contributed by atoms with Crippen LogP contribution in [-0.2, 0) is 19.6 Å². The number of hydrogen-bond acceptors (Lipinski definition) is 6. The molecule has 0 unspecified atom stereocenters. The Labute approximate surface area is 154 Å². The highest BCUT2D eigenvalue weighted by Gasteiger charge is 2.27. The van der Waals surface area contributed by atoms with Gasteiger partial charge in [0.2, 0.25) is 10.0 Å². The molecule has 0 spiro atoms.